The third-order valence-corrected chi connectivity index (χ3v) is 9.18. The van der Waals surface area contributed by atoms with Gasteiger partial charge in [-0.2, -0.15) is 0 Å². The standard InChI is InChI=1S/C17H13Cl6NO4/c1-2-28-8-5-3-7(4-6-8)24-13(25)9-10(14(26)27)16(21)12(19)11(18)15(9,20)17(16,22)23/h3-6,9-10H,2H2,1H3,(H,24,25)(H,26,27)/t9-,10-,15-,16-/m1/s1. The SMILES string of the molecule is CCOc1ccc(NC(=O)[C@H]2[C@H](C(=O)O)[C@@]3(Cl)C(Cl)=C(Cl)[C@@]2(Cl)C3(Cl)Cl)cc1. The number of alkyl halides is 4. The van der Waals surface area contributed by atoms with Crippen LogP contribution in [0.25, 0.3) is 0 Å². The number of ether oxygens (including phenoxy) is 1. The number of amides is 1. The first-order valence-corrected chi connectivity index (χ1v) is 10.3. The first kappa shape index (κ1) is 22.1. The van der Waals surface area contributed by atoms with E-state index in [0.29, 0.717) is 18.0 Å². The number of rotatable bonds is 5. The maximum absolute atomic E-state index is 13.0. The molecule has 2 bridgehead atoms. The number of allylic oxidation sites excluding steroid dienone is 2. The van der Waals surface area contributed by atoms with Crippen molar-refractivity contribution < 1.29 is 19.4 Å². The zero-order chi connectivity index (χ0) is 21.1. The molecule has 0 spiro atoms. The minimum absolute atomic E-state index is 0.250. The number of carboxylic acids is 1. The van der Waals surface area contributed by atoms with Crippen LogP contribution in [0.3, 0.4) is 0 Å². The molecule has 2 aliphatic carbocycles. The molecule has 1 saturated carbocycles. The molecule has 5 nitrogen and oxygen atoms in total. The Bertz CT molecular complexity index is 873. The van der Waals surface area contributed by atoms with Crippen LogP contribution < -0.4 is 10.1 Å². The van der Waals surface area contributed by atoms with E-state index in [9.17, 15) is 14.7 Å². The fraction of sp³-hybridized carbons (Fsp3) is 0.412. The number of fused-ring (bicyclic) bond motifs is 2. The van der Waals surface area contributed by atoms with Gasteiger partial charge in [0.2, 0.25) is 5.91 Å². The zero-order valence-electron chi connectivity index (χ0n) is 14.1. The molecular formula is C17H13Cl6NO4. The molecule has 1 aromatic carbocycles. The number of carboxylic acid groups (broad SMARTS) is 1. The highest BCUT2D eigenvalue weighted by atomic mass is 35.5. The summed E-state index contributed by atoms with van der Waals surface area (Å²) in [6, 6.07) is 6.46. The van der Waals surface area contributed by atoms with Crippen LogP contribution in [0.2, 0.25) is 0 Å². The van der Waals surface area contributed by atoms with Crippen LogP contribution in [0, 0.1) is 11.8 Å². The summed E-state index contributed by atoms with van der Waals surface area (Å²) in [6.45, 7) is 2.32. The van der Waals surface area contributed by atoms with Gasteiger partial charge in [-0.3, -0.25) is 9.59 Å². The number of hydrogen-bond donors (Lipinski definition) is 2. The second-order valence-corrected chi connectivity index (χ2v) is 9.64. The molecule has 1 aromatic rings. The van der Waals surface area contributed by atoms with Gasteiger partial charge in [-0.25, -0.2) is 0 Å². The van der Waals surface area contributed by atoms with Gasteiger partial charge in [-0.15, -0.1) is 23.2 Å². The number of benzene rings is 1. The molecule has 0 saturated heterocycles. The summed E-state index contributed by atoms with van der Waals surface area (Å²) in [5.74, 6) is -4.69. The lowest BCUT2D eigenvalue weighted by Crippen LogP contribution is -2.47. The Kier molecular flexibility index (Phi) is 5.76. The van der Waals surface area contributed by atoms with E-state index < -0.39 is 37.8 Å². The van der Waals surface area contributed by atoms with Gasteiger partial charge in [-0.05, 0) is 31.2 Å². The quantitative estimate of drug-likeness (QED) is 0.538. The van der Waals surface area contributed by atoms with Crippen LogP contribution in [-0.2, 0) is 9.59 Å². The zero-order valence-corrected chi connectivity index (χ0v) is 18.6. The molecule has 1 fully saturated rings. The summed E-state index contributed by atoms with van der Waals surface area (Å²) < 4.78 is 3.20. The van der Waals surface area contributed by atoms with Crippen LogP contribution in [0.1, 0.15) is 6.92 Å². The van der Waals surface area contributed by atoms with Crippen molar-refractivity contribution in [2.75, 3.05) is 11.9 Å². The number of nitrogens with one attached hydrogen (secondary N) is 1. The fourth-order valence-electron chi connectivity index (χ4n) is 3.65. The molecule has 0 heterocycles. The van der Waals surface area contributed by atoms with Crippen molar-refractivity contribution in [1.82, 2.24) is 0 Å². The van der Waals surface area contributed by atoms with Crippen LogP contribution in [-0.4, -0.2) is 37.7 Å². The minimum atomic E-state index is -2.14. The van der Waals surface area contributed by atoms with E-state index >= 15 is 0 Å². The molecule has 11 heteroatoms. The van der Waals surface area contributed by atoms with Gasteiger partial charge in [0.15, 0.2) is 4.33 Å². The molecule has 2 aliphatic rings. The van der Waals surface area contributed by atoms with Crippen molar-refractivity contribution in [3.63, 3.8) is 0 Å². The minimum Gasteiger partial charge on any atom is -0.494 e. The third kappa shape index (κ3) is 2.74. The predicted octanol–water partition coefficient (Wildman–Crippen LogP) is 5.19. The maximum Gasteiger partial charge on any atom is 0.309 e. The Labute approximate surface area is 190 Å². The van der Waals surface area contributed by atoms with E-state index in [1.807, 2.05) is 6.92 Å². The van der Waals surface area contributed by atoms with E-state index in [2.05, 4.69) is 5.32 Å². The second-order valence-electron chi connectivity index (χ2n) is 6.37. The lowest BCUT2D eigenvalue weighted by molar-refractivity contribution is -0.146. The molecule has 0 unspecified atom stereocenters. The van der Waals surface area contributed by atoms with Gasteiger partial charge in [0.05, 0.1) is 28.5 Å². The summed E-state index contributed by atoms with van der Waals surface area (Å²) in [6.07, 6.45) is 0. The van der Waals surface area contributed by atoms with Gasteiger partial charge in [0.25, 0.3) is 0 Å². The predicted molar refractivity (Wildman–Crippen MR) is 111 cm³/mol. The van der Waals surface area contributed by atoms with Gasteiger partial charge in [0.1, 0.15) is 15.5 Å². The molecule has 152 valence electrons. The Hall–Kier alpha value is -0.560. The number of hydrogen-bond acceptors (Lipinski definition) is 3. The molecular weight excluding hydrogens is 495 g/mol. The average molecular weight is 508 g/mol. The van der Waals surface area contributed by atoms with Crippen molar-refractivity contribution >= 4 is 87.2 Å². The molecule has 0 aromatic heterocycles. The van der Waals surface area contributed by atoms with Gasteiger partial charge in [0, 0.05) is 5.69 Å². The Balaban J connectivity index is 2.00. The highest BCUT2D eigenvalue weighted by molar-refractivity contribution is 6.66. The summed E-state index contributed by atoms with van der Waals surface area (Å²) >= 11 is 38.2. The molecule has 1 amide bonds. The topological polar surface area (TPSA) is 75.6 Å². The second kappa shape index (κ2) is 7.29. The molecule has 2 N–H and O–H groups in total. The van der Waals surface area contributed by atoms with Crippen molar-refractivity contribution in [2.45, 2.75) is 21.0 Å². The highest BCUT2D eigenvalue weighted by Gasteiger charge is 2.85. The van der Waals surface area contributed by atoms with E-state index in [0.717, 1.165) is 0 Å². The largest absolute Gasteiger partial charge is 0.494 e. The number of carbonyl (C=O) groups is 2. The highest BCUT2D eigenvalue weighted by Crippen LogP contribution is 2.76. The van der Waals surface area contributed by atoms with Crippen LogP contribution in [0.5, 0.6) is 5.75 Å². The summed E-state index contributed by atoms with van der Waals surface area (Å²) in [5.41, 5.74) is 0.380. The molecule has 4 atom stereocenters. The van der Waals surface area contributed by atoms with E-state index in [1.165, 1.54) is 0 Å². The number of halogens is 6. The first-order valence-electron chi connectivity index (χ1n) is 8.03. The van der Waals surface area contributed by atoms with Crippen LogP contribution in [0.15, 0.2) is 34.3 Å². The Morgan fingerprint density at radius 2 is 1.54 bits per heavy atom. The van der Waals surface area contributed by atoms with E-state index in [-0.39, 0.29) is 10.1 Å². The van der Waals surface area contributed by atoms with Crippen LogP contribution >= 0.6 is 69.6 Å². The summed E-state index contributed by atoms with van der Waals surface area (Å²) in [7, 11) is 0. The number of aliphatic carboxylic acids is 1. The Morgan fingerprint density at radius 1 is 1.04 bits per heavy atom. The fourth-order valence-corrected chi connectivity index (χ4v) is 6.58. The van der Waals surface area contributed by atoms with Gasteiger partial charge in [-0.1, -0.05) is 46.4 Å². The smallest absolute Gasteiger partial charge is 0.309 e. The Morgan fingerprint density at radius 3 is 2.00 bits per heavy atom. The summed E-state index contributed by atoms with van der Waals surface area (Å²) in [5, 5.41) is 11.8. The van der Waals surface area contributed by atoms with Crippen molar-refractivity contribution in [3.8, 4) is 5.75 Å². The van der Waals surface area contributed by atoms with Crippen LogP contribution in [0.4, 0.5) is 5.69 Å². The normalized spacial score (nSPS) is 33.1. The third-order valence-electron chi connectivity index (χ3n) is 4.92. The lowest BCUT2D eigenvalue weighted by Gasteiger charge is -2.33. The molecule has 0 aliphatic heterocycles. The van der Waals surface area contributed by atoms with Crippen molar-refractivity contribution in [1.29, 1.82) is 0 Å². The van der Waals surface area contributed by atoms with E-state index in [1.54, 1.807) is 24.3 Å². The van der Waals surface area contributed by atoms with Gasteiger partial charge >= 0.3 is 5.97 Å². The maximum atomic E-state index is 13.0. The molecule has 28 heavy (non-hydrogen) atoms. The summed E-state index contributed by atoms with van der Waals surface area (Å²) in [4.78, 5) is 20.9. The first-order chi connectivity index (χ1) is 12.9. The van der Waals surface area contributed by atoms with Crippen molar-refractivity contribution in [2.24, 2.45) is 11.8 Å². The van der Waals surface area contributed by atoms with Crippen molar-refractivity contribution in [3.05, 3.63) is 34.3 Å². The number of carbonyl (C=O) groups excluding carboxylic acids is 1. The lowest BCUT2D eigenvalue weighted by atomic mass is 9.81. The van der Waals surface area contributed by atoms with E-state index in [4.69, 9.17) is 74.3 Å². The average Bonchev–Trinajstić information content (AvgIpc) is 2.83. The number of anilines is 1. The monoisotopic (exact) mass is 505 g/mol. The molecule has 0 radical (unpaired) electrons. The molecule has 3 rings (SSSR count). The van der Waals surface area contributed by atoms with Gasteiger partial charge < -0.3 is 15.2 Å².